The molecular weight excluding hydrogens is 881 g/mol. The molecule has 0 fully saturated rings. The summed E-state index contributed by atoms with van der Waals surface area (Å²) in [5, 5.41) is 2.57. The maximum absolute atomic E-state index is 2.48. The van der Waals surface area contributed by atoms with Gasteiger partial charge in [0, 0.05) is 34.0 Å². The second kappa shape index (κ2) is 17.4. The fraction of sp³-hybridized carbons (Fsp3) is 0.0141. The number of rotatable bonds is 9. The normalized spacial score (nSPS) is 13.8. The first kappa shape index (κ1) is 42.4. The third-order valence-electron chi connectivity index (χ3n) is 15.3. The lowest BCUT2D eigenvalue weighted by Crippen LogP contribution is -2.26. The van der Waals surface area contributed by atoms with E-state index in [1.165, 1.54) is 88.7 Å². The summed E-state index contributed by atoms with van der Waals surface area (Å²) in [6.07, 6.45) is 0. The Balaban J connectivity index is 0.800. The highest BCUT2D eigenvalue weighted by atomic mass is 15.1. The quantitative estimate of drug-likeness (QED) is 0.142. The third kappa shape index (κ3) is 6.87. The minimum Gasteiger partial charge on any atom is -0.310 e. The standard InChI is InChI=1S/C71H48N2/c1-4-18-53(19-5-1)60-25-14-17-31-69(60)73(56-23-8-3-9-24-56)58-43-38-52(39-44-58)50-34-32-49(33-35-50)51-36-41-57(42-37-51)72(55-21-6-2-7-22-55)59-45-46-63-62-27-12-15-29-65(62)71(68(63)48-59)66-30-16-13-28-64(66)70-61-26-11-10-20-54(61)40-47-67(70)71/h1-48H. The Labute approximate surface area is 427 Å². The first-order valence-electron chi connectivity index (χ1n) is 25.2. The van der Waals surface area contributed by atoms with Gasteiger partial charge in [-0.1, -0.05) is 224 Å². The molecule has 1 atom stereocenters. The van der Waals surface area contributed by atoms with Gasteiger partial charge in [0.05, 0.1) is 11.1 Å². The van der Waals surface area contributed by atoms with E-state index in [4.69, 9.17) is 0 Å². The molecule has 0 heterocycles. The van der Waals surface area contributed by atoms with Crippen molar-refractivity contribution in [3.05, 3.63) is 313 Å². The van der Waals surface area contributed by atoms with E-state index in [-0.39, 0.29) is 0 Å². The first-order valence-corrected chi connectivity index (χ1v) is 25.2. The molecule has 12 aromatic rings. The van der Waals surface area contributed by atoms with E-state index in [2.05, 4.69) is 301 Å². The predicted molar refractivity (Wildman–Crippen MR) is 306 cm³/mol. The fourth-order valence-corrected chi connectivity index (χ4v) is 12.1. The maximum atomic E-state index is 2.48. The molecule has 14 rings (SSSR count). The number of benzene rings is 12. The van der Waals surface area contributed by atoms with Crippen molar-refractivity contribution in [3.63, 3.8) is 0 Å². The molecule has 1 spiro atoms. The molecular formula is C71H48N2. The highest BCUT2D eigenvalue weighted by Crippen LogP contribution is 2.64. The molecule has 0 saturated heterocycles. The van der Waals surface area contributed by atoms with Crippen LogP contribution in [0.25, 0.3) is 66.4 Å². The van der Waals surface area contributed by atoms with Crippen LogP contribution in [-0.4, -0.2) is 0 Å². The molecule has 342 valence electrons. The van der Waals surface area contributed by atoms with Crippen molar-refractivity contribution >= 4 is 44.9 Å². The number of hydrogen-bond acceptors (Lipinski definition) is 2. The Morgan fingerprint density at radius 1 is 0.233 bits per heavy atom. The van der Waals surface area contributed by atoms with E-state index in [0.717, 1.165) is 34.1 Å². The highest BCUT2D eigenvalue weighted by molar-refractivity contribution is 6.06. The van der Waals surface area contributed by atoms with Crippen molar-refractivity contribution in [1.29, 1.82) is 0 Å². The largest absolute Gasteiger partial charge is 0.310 e. The Morgan fingerprint density at radius 2 is 0.671 bits per heavy atom. The molecule has 2 aliphatic rings. The van der Waals surface area contributed by atoms with Crippen LogP contribution in [0.15, 0.2) is 291 Å². The second-order valence-corrected chi connectivity index (χ2v) is 19.2. The van der Waals surface area contributed by atoms with Crippen molar-refractivity contribution in [1.82, 2.24) is 0 Å². The predicted octanol–water partition coefficient (Wildman–Crippen LogP) is 19.1. The van der Waals surface area contributed by atoms with Crippen molar-refractivity contribution in [2.45, 2.75) is 5.41 Å². The monoisotopic (exact) mass is 928 g/mol. The van der Waals surface area contributed by atoms with Gasteiger partial charge in [0.2, 0.25) is 0 Å². The van der Waals surface area contributed by atoms with Crippen LogP contribution in [-0.2, 0) is 5.41 Å². The number of para-hydroxylation sites is 3. The average molecular weight is 929 g/mol. The van der Waals surface area contributed by atoms with Crippen molar-refractivity contribution in [3.8, 4) is 55.6 Å². The first-order chi connectivity index (χ1) is 36.2. The van der Waals surface area contributed by atoms with Gasteiger partial charge < -0.3 is 9.80 Å². The molecule has 73 heavy (non-hydrogen) atoms. The van der Waals surface area contributed by atoms with Crippen LogP contribution in [0, 0.1) is 0 Å². The van der Waals surface area contributed by atoms with Crippen molar-refractivity contribution in [2.24, 2.45) is 0 Å². The van der Waals surface area contributed by atoms with Crippen LogP contribution < -0.4 is 9.80 Å². The molecule has 0 aliphatic heterocycles. The van der Waals surface area contributed by atoms with E-state index in [1.807, 2.05) is 0 Å². The van der Waals surface area contributed by atoms with E-state index < -0.39 is 5.41 Å². The summed E-state index contributed by atoms with van der Waals surface area (Å²) < 4.78 is 0. The zero-order valence-electron chi connectivity index (χ0n) is 40.1. The van der Waals surface area contributed by atoms with Gasteiger partial charge in [-0.25, -0.2) is 0 Å². The van der Waals surface area contributed by atoms with Crippen LogP contribution in [0.5, 0.6) is 0 Å². The van der Waals surface area contributed by atoms with Crippen LogP contribution in [0.2, 0.25) is 0 Å². The summed E-state index contributed by atoms with van der Waals surface area (Å²) in [6, 6.07) is 107. The number of fused-ring (bicyclic) bond motifs is 12. The maximum Gasteiger partial charge on any atom is 0.0726 e. The summed E-state index contributed by atoms with van der Waals surface area (Å²) in [7, 11) is 0. The van der Waals surface area contributed by atoms with Gasteiger partial charge >= 0.3 is 0 Å². The number of hydrogen-bond donors (Lipinski definition) is 0. The van der Waals surface area contributed by atoms with E-state index in [0.29, 0.717) is 0 Å². The zero-order chi connectivity index (χ0) is 48.3. The fourth-order valence-electron chi connectivity index (χ4n) is 12.1. The summed E-state index contributed by atoms with van der Waals surface area (Å²) in [6.45, 7) is 0. The zero-order valence-corrected chi connectivity index (χ0v) is 40.1. The van der Waals surface area contributed by atoms with Crippen molar-refractivity contribution in [2.75, 3.05) is 9.80 Å². The average Bonchev–Trinajstić information content (AvgIpc) is 4.06. The van der Waals surface area contributed by atoms with Crippen LogP contribution in [0.3, 0.4) is 0 Å². The van der Waals surface area contributed by atoms with Crippen molar-refractivity contribution < 1.29 is 0 Å². The van der Waals surface area contributed by atoms with Gasteiger partial charge in [-0.2, -0.15) is 0 Å². The molecule has 0 amide bonds. The Bertz CT molecular complexity index is 4000. The summed E-state index contributed by atoms with van der Waals surface area (Å²) in [4.78, 5) is 4.77. The summed E-state index contributed by atoms with van der Waals surface area (Å²) in [5.74, 6) is 0. The van der Waals surface area contributed by atoms with Gasteiger partial charge in [-0.15, -0.1) is 0 Å². The molecule has 12 aromatic carbocycles. The molecule has 0 bridgehead atoms. The van der Waals surface area contributed by atoms with Gasteiger partial charge in [0.25, 0.3) is 0 Å². The molecule has 0 saturated carbocycles. The van der Waals surface area contributed by atoms with Gasteiger partial charge in [-0.3, -0.25) is 0 Å². The van der Waals surface area contributed by atoms with E-state index in [1.54, 1.807) is 0 Å². The molecule has 2 nitrogen and oxygen atoms in total. The van der Waals surface area contributed by atoms with Gasteiger partial charge in [0.15, 0.2) is 0 Å². The molecule has 2 heteroatoms. The second-order valence-electron chi connectivity index (χ2n) is 19.2. The van der Waals surface area contributed by atoms with Crippen LogP contribution >= 0.6 is 0 Å². The minimum atomic E-state index is -0.463. The van der Waals surface area contributed by atoms with Crippen LogP contribution in [0.1, 0.15) is 22.3 Å². The topological polar surface area (TPSA) is 6.48 Å². The molecule has 1 unspecified atom stereocenters. The van der Waals surface area contributed by atoms with Gasteiger partial charge in [0.1, 0.15) is 0 Å². The number of anilines is 6. The SMILES string of the molecule is c1ccc(-c2ccccc2N(c2ccccc2)c2ccc(-c3ccc(-c4ccc(N(c5ccccc5)c5ccc6c(c5)C5(c7ccccc7-6)c6ccccc6-c6c5ccc5ccccc65)cc4)cc3)cc2)cc1. The lowest BCUT2D eigenvalue weighted by molar-refractivity contribution is 0.794. The Hall–Kier alpha value is -9.50. The van der Waals surface area contributed by atoms with Crippen LogP contribution in [0.4, 0.5) is 34.1 Å². The number of nitrogens with zero attached hydrogens (tertiary/aromatic N) is 2. The third-order valence-corrected chi connectivity index (χ3v) is 15.3. The highest BCUT2D eigenvalue weighted by Gasteiger charge is 2.52. The molecule has 0 N–H and O–H groups in total. The smallest absolute Gasteiger partial charge is 0.0726 e. The molecule has 2 aliphatic carbocycles. The lowest BCUT2D eigenvalue weighted by atomic mass is 9.70. The summed E-state index contributed by atoms with van der Waals surface area (Å²) in [5.41, 5.74) is 23.9. The lowest BCUT2D eigenvalue weighted by Gasteiger charge is -2.32. The minimum absolute atomic E-state index is 0.463. The molecule has 0 aromatic heterocycles. The Kier molecular flexibility index (Phi) is 10.1. The molecule has 0 radical (unpaired) electrons. The van der Waals surface area contributed by atoms with E-state index >= 15 is 0 Å². The van der Waals surface area contributed by atoms with Gasteiger partial charge in [-0.05, 0) is 150 Å². The summed E-state index contributed by atoms with van der Waals surface area (Å²) >= 11 is 0. The Morgan fingerprint density at radius 3 is 1.32 bits per heavy atom. The van der Waals surface area contributed by atoms with E-state index in [9.17, 15) is 0 Å².